The summed E-state index contributed by atoms with van der Waals surface area (Å²) in [5.41, 5.74) is 0.00567. The molecule has 21 heavy (non-hydrogen) atoms. The number of carbonyl (C=O) groups is 3. The second kappa shape index (κ2) is 5.37. The number of carboxylic acid groups (broad SMARTS) is 1. The lowest BCUT2D eigenvalue weighted by atomic mass is 10.1. The van der Waals surface area contributed by atoms with Crippen LogP contribution in [-0.2, 0) is 9.59 Å². The highest BCUT2D eigenvalue weighted by Gasteiger charge is 2.36. The predicted octanol–water partition coefficient (Wildman–Crippen LogP) is 0.924. The van der Waals surface area contributed by atoms with Crippen LogP contribution in [0.15, 0.2) is 17.0 Å². The van der Waals surface area contributed by atoms with E-state index < -0.39 is 40.9 Å². The third kappa shape index (κ3) is 2.77. The number of nitrogens with zero attached hydrogens (tertiary/aromatic N) is 1. The fraction of sp³-hybridized carbons (Fsp3) is 0.0833. The maximum Gasteiger partial charge on any atom is 0.323 e. The molecule has 1 aliphatic heterocycles. The van der Waals surface area contributed by atoms with Crippen molar-refractivity contribution >= 4 is 35.0 Å². The average Bonchev–Trinajstić information content (AvgIpc) is 2.67. The molecular weight excluding hydrogens is 302 g/mol. The molecule has 0 atom stereocenters. The highest BCUT2D eigenvalue weighted by molar-refractivity contribution is 8.18. The summed E-state index contributed by atoms with van der Waals surface area (Å²) in [4.78, 5) is 34.4. The van der Waals surface area contributed by atoms with Crippen molar-refractivity contribution in [3.05, 3.63) is 22.6 Å². The van der Waals surface area contributed by atoms with E-state index in [1.54, 1.807) is 0 Å². The number of hydrogen-bond donors (Lipinski definition) is 4. The molecular formula is C12H9NO7S. The van der Waals surface area contributed by atoms with Crippen LogP contribution in [0, 0.1) is 0 Å². The maximum absolute atomic E-state index is 11.9. The molecule has 1 aromatic rings. The lowest BCUT2D eigenvalue weighted by molar-refractivity contribution is -0.140. The Balaban J connectivity index is 2.35. The summed E-state index contributed by atoms with van der Waals surface area (Å²) in [5, 5.41) is 36.1. The van der Waals surface area contributed by atoms with Gasteiger partial charge in [-0.15, -0.1) is 0 Å². The molecule has 0 saturated carbocycles. The van der Waals surface area contributed by atoms with Crippen LogP contribution in [0.2, 0.25) is 0 Å². The molecule has 2 amide bonds. The summed E-state index contributed by atoms with van der Waals surface area (Å²) in [6.07, 6.45) is 1.13. The van der Waals surface area contributed by atoms with Gasteiger partial charge in [0.25, 0.3) is 11.1 Å². The molecule has 1 heterocycles. The Morgan fingerprint density at radius 3 is 2.48 bits per heavy atom. The van der Waals surface area contributed by atoms with Crippen molar-refractivity contribution in [2.24, 2.45) is 0 Å². The largest absolute Gasteiger partial charge is 0.504 e. The molecule has 9 heteroatoms. The number of imide groups is 1. The van der Waals surface area contributed by atoms with E-state index in [4.69, 9.17) is 5.11 Å². The van der Waals surface area contributed by atoms with Gasteiger partial charge >= 0.3 is 5.97 Å². The Hall–Kier alpha value is -2.68. The number of aliphatic carboxylic acids is 1. The monoisotopic (exact) mass is 311 g/mol. The second-order valence-corrected chi connectivity index (χ2v) is 5.03. The van der Waals surface area contributed by atoms with Crippen molar-refractivity contribution in [2.75, 3.05) is 6.54 Å². The zero-order valence-electron chi connectivity index (χ0n) is 10.3. The average molecular weight is 311 g/mol. The molecule has 2 rings (SSSR count). The minimum absolute atomic E-state index is 0.00567. The summed E-state index contributed by atoms with van der Waals surface area (Å²) >= 11 is 0.517. The number of carboxylic acids is 1. The standard InChI is InChI=1S/C12H9NO7S/c14-6-2-1-5(9(17)10(6)18)3-7-11(19)13(4-8(15)16)12(20)21-7/h1-3,14,17-18H,4H2,(H,15,16)/b7-3-. The molecule has 110 valence electrons. The van der Waals surface area contributed by atoms with E-state index in [1.807, 2.05) is 0 Å². The van der Waals surface area contributed by atoms with Gasteiger partial charge in [0.05, 0.1) is 4.91 Å². The molecule has 1 fully saturated rings. The van der Waals surface area contributed by atoms with Gasteiger partial charge in [-0.25, -0.2) is 0 Å². The number of carbonyl (C=O) groups excluding carboxylic acids is 2. The number of rotatable bonds is 3. The molecule has 0 unspecified atom stereocenters. The minimum Gasteiger partial charge on any atom is -0.504 e. The highest BCUT2D eigenvalue weighted by atomic mass is 32.2. The van der Waals surface area contributed by atoms with E-state index in [0.29, 0.717) is 16.7 Å². The molecule has 4 N–H and O–H groups in total. The summed E-state index contributed by atoms with van der Waals surface area (Å²) in [5.74, 6) is -4.08. The third-order valence-electron chi connectivity index (χ3n) is 2.61. The van der Waals surface area contributed by atoms with Crippen molar-refractivity contribution < 1.29 is 34.8 Å². The molecule has 0 radical (unpaired) electrons. The fourth-order valence-corrected chi connectivity index (χ4v) is 2.44. The number of phenolic OH excluding ortho intramolecular Hbond substituents is 3. The topological polar surface area (TPSA) is 135 Å². The molecule has 0 aliphatic carbocycles. The molecule has 0 aromatic heterocycles. The number of amides is 2. The van der Waals surface area contributed by atoms with E-state index in [2.05, 4.69) is 0 Å². The lowest BCUT2D eigenvalue weighted by Gasteiger charge is -2.08. The van der Waals surface area contributed by atoms with Crippen LogP contribution in [-0.4, -0.2) is 49.0 Å². The van der Waals surface area contributed by atoms with Gasteiger partial charge in [0.2, 0.25) is 5.75 Å². The molecule has 1 saturated heterocycles. The first kappa shape index (κ1) is 14.7. The van der Waals surface area contributed by atoms with Gasteiger partial charge in [-0.3, -0.25) is 19.3 Å². The maximum atomic E-state index is 11.9. The first-order valence-electron chi connectivity index (χ1n) is 5.52. The zero-order valence-corrected chi connectivity index (χ0v) is 11.1. The zero-order chi connectivity index (χ0) is 15.7. The SMILES string of the molecule is O=C(O)CN1C(=O)S/C(=C\c2ccc(O)c(O)c2O)C1=O. The molecule has 0 spiro atoms. The van der Waals surface area contributed by atoms with Gasteiger partial charge < -0.3 is 20.4 Å². The van der Waals surface area contributed by atoms with E-state index in [9.17, 15) is 29.7 Å². The number of thioether (sulfide) groups is 1. The Morgan fingerprint density at radius 1 is 1.19 bits per heavy atom. The minimum atomic E-state index is -1.33. The van der Waals surface area contributed by atoms with E-state index in [0.717, 1.165) is 12.1 Å². The van der Waals surface area contributed by atoms with Crippen LogP contribution >= 0.6 is 11.8 Å². The summed E-state index contributed by atoms with van der Waals surface area (Å²) in [6, 6.07) is 2.33. The van der Waals surface area contributed by atoms with Crippen molar-refractivity contribution in [2.45, 2.75) is 0 Å². The molecule has 1 aromatic carbocycles. The fourth-order valence-electron chi connectivity index (χ4n) is 1.61. The number of phenols is 3. The van der Waals surface area contributed by atoms with Crippen molar-refractivity contribution in [1.82, 2.24) is 4.90 Å². The predicted molar refractivity (Wildman–Crippen MR) is 71.7 cm³/mol. The third-order valence-corrected chi connectivity index (χ3v) is 3.52. The van der Waals surface area contributed by atoms with Crippen molar-refractivity contribution in [1.29, 1.82) is 0 Å². The van der Waals surface area contributed by atoms with Crippen LogP contribution in [0.25, 0.3) is 6.08 Å². The second-order valence-electron chi connectivity index (χ2n) is 4.03. The van der Waals surface area contributed by atoms with Crippen LogP contribution < -0.4 is 0 Å². The number of aromatic hydroxyl groups is 3. The van der Waals surface area contributed by atoms with Crippen LogP contribution in [0.3, 0.4) is 0 Å². The molecule has 1 aliphatic rings. The smallest absolute Gasteiger partial charge is 0.323 e. The number of hydrogen-bond acceptors (Lipinski definition) is 7. The van der Waals surface area contributed by atoms with E-state index in [-0.39, 0.29) is 10.5 Å². The Morgan fingerprint density at radius 2 is 1.86 bits per heavy atom. The van der Waals surface area contributed by atoms with Crippen LogP contribution in [0.5, 0.6) is 17.2 Å². The Bertz CT molecular complexity index is 682. The van der Waals surface area contributed by atoms with Crippen LogP contribution in [0.4, 0.5) is 4.79 Å². The van der Waals surface area contributed by atoms with E-state index >= 15 is 0 Å². The van der Waals surface area contributed by atoms with Gasteiger partial charge in [0.15, 0.2) is 11.5 Å². The Kier molecular flexibility index (Phi) is 3.76. The van der Waals surface area contributed by atoms with Gasteiger partial charge in [-0.05, 0) is 30.0 Å². The quantitative estimate of drug-likeness (QED) is 0.478. The lowest BCUT2D eigenvalue weighted by Crippen LogP contribution is -2.33. The first-order valence-corrected chi connectivity index (χ1v) is 6.34. The molecule has 0 bridgehead atoms. The highest BCUT2D eigenvalue weighted by Crippen LogP contribution is 2.40. The normalized spacial score (nSPS) is 16.8. The first-order chi connectivity index (χ1) is 9.81. The van der Waals surface area contributed by atoms with Gasteiger partial charge in [-0.2, -0.15) is 0 Å². The van der Waals surface area contributed by atoms with Gasteiger partial charge in [0.1, 0.15) is 6.54 Å². The van der Waals surface area contributed by atoms with E-state index in [1.165, 1.54) is 6.07 Å². The summed E-state index contributed by atoms with van der Waals surface area (Å²) in [7, 11) is 0. The molecule has 8 nitrogen and oxygen atoms in total. The van der Waals surface area contributed by atoms with Crippen LogP contribution in [0.1, 0.15) is 5.56 Å². The van der Waals surface area contributed by atoms with Gasteiger partial charge in [0, 0.05) is 5.56 Å². The van der Waals surface area contributed by atoms with Crippen molar-refractivity contribution in [3.8, 4) is 17.2 Å². The Labute approximate surface area is 121 Å². The van der Waals surface area contributed by atoms with Crippen molar-refractivity contribution in [3.63, 3.8) is 0 Å². The van der Waals surface area contributed by atoms with Gasteiger partial charge in [-0.1, -0.05) is 0 Å². The number of benzene rings is 1. The summed E-state index contributed by atoms with van der Waals surface area (Å²) < 4.78 is 0. The summed E-state index contributed by atoms with van der Waals surface area (Å²) in [6.45, 7) is -0.755.